The number of nitrogens with two attached hydrogens (primary N) is 1. The monoisotopic (exact) mass is 328 g/mol. The van der Waals surface area contributed by atoms with Crippen LogP contribution in [0, 0.1) is 0 Å². The van der Waals surface area contributed by atoms with Gasteiger partial charge in [0.15, 0.2) is 5.82 Å². The quantitative estimate of drug-likeness (QED) is 0.562. The smallest absolute Gasteiger partial charge is 0.255 e. The maximum atomic E-state index is 12.2. The number of aromatic nitrogens is 1. The van der Waals surface area contributed by atoms with E-state index in [1.54, 1.807) is 19.4 Å². The number of methoxy groups -OCH3 is 1. The molecule has 0 atom stereocenters. The van der Waals surface area contributed by atoms with Crippen molar-refractivity contribution >= 4 is 27.7 Å². The second kappa shape index (κ2) is 5.85. The highest BCUT2D eigenvalue weighted by molar-refractivity contribution is 9.10. The highest BCUT2D eigenvalue weighted by atomic mass is 79.9. The van der Waals surface area contributed by atoms with Crippen LogP contribution in [0.1, 0.15) is 29.6 Å². The number of rotatable bonds is 5. The molecule has 0 spiro atoms. The first-order chi connectivity index (χ1) is 9.10. The van der Waals surface area contributed by atoms with Crippen molar-refractivity contribution in [2.24, 2.45) is 5.84 Å². The van der Waals surface area contributed by atoms with E-state index in [0.29, 0.717) is 17.9 Å². The summed E-state index contributed by atoms with van der Waals surface area (Å²) in [5, 5.41) is 2.87. The van der Waals surface area contributed by atoms with E-state index in [2.05, 4.69) is 31.7 Å². The van der Waals surface area contributed by atoms with E-state index < -0.39 is 0 Å². The Bertz CT molecular complexity index is 471. The van der Waals surface area contributed by atoms with Gasteiger partial charge in [0.1, 0.15) is 0 Å². The molecule has 0 aromatic carbocycles. The summed E-state index contributed by atoms with van der Waals surface area (Å²) >= 11 is 3.29. The Morgan fingerprint density at radius 2 is 2.37 bits per heavy atom. The van der Waals surface area contributed by atoms with Gasteiger partial charge >= 0.3 is 0 Å². The van der Waals surface area contributed by atoms with Crippen LogP contribution in [0.25, 0.3) is 0 Å². The Morgan fingerprint density at radius 1 is 1.63 bits per heavy atom. The van der Waals surface area contributed by atoms with E-state index >= 15 is 0 Å². The molecule has 0 saturated heterocycles. The minimum atomic E-state index is -0.218. The van der Waals surface area contributed by atoms with Gasteiger partial charge in [-0.2, -0.15) is 0 Å². The van der Waals surface area contributed by atoms with Crippen molar-refractivity contribution in [3.05, 3.63) is 22.3 Å². The van der Waals surface area contributed by atoms with E-state index in [4.69, 9.17) is 10.6 Å². The second-order valence-electron chi connectivity index (χ2n) is 4.62. The summed E-state index contributed by atoms with van der Waals surface area (Å²) in [6, 6.07) is 1.68. The highest BCUT2D eigenvalue weighted by Gasteiger charge is 2.37. The van der Waals surface area contributed by atoms with Crippen molar-refractivity contribution in [1.29, 1.82) is 0 Å². The standard InChI is InChI=1S/C12H17BrN4O2/c1-19-12(3-2-4-12)7-16-11(18)9-5-8(13)6-15-10(9)17-14/h5-6H,2-4,7,14H2,1H3,(H,15,17)(H,16,18). The van der Waals surface area contributed by atoms with E-state index in [1.807, 2.05) is 0 Å². The van der Waals surface area contributed by atoms with Gasteiger partial charge < -0.3 is 15.5 Å². The number of pyridine rings is 1. The Balaban J connectivity index is 2.05. The van der Waals surface area contributed by atoms with Crippen LogP contribution in [-0.2, 0) is 4.74 Å². The maximum absolute atomic E-state index is 12.2. The molecule has 0 aliphatic heterocycles. The van der Waals surface area contributed by atoms with Gasteiger partial charge in [-0.15, -0.1) is 0 Å². The summed E-state index contributed by atoms with van der Waals surface area (Å²) in [5.41, 5.74) is 2.62. The molecule has 7 heteroatoms. The minimum Gasteiger partial charge on any atom is -0.376 e. The van der Waals surface area contributed by atoms with E-state index in [-0.39, 0.29) is 11.5 Å². The molecule has 1 saturated carbocycles. The molecule has 1 aliphatic rings. The highest BCUT2D eigenvalue weighted by Crippen LogP contribution is 2.34. The van der Waals surface area contributed by atoms with Crippen LogP contribution in [0.2, 0.25) is 0 Å². The Labute approximate surface area is 120 Å². The number of amides is 1. The van der Waals surface area contributed by atoms with Gasteiger partial charge in [-0.3, -0.25) is 4.79 Å². The Morgan fingerprint density at radius 3 is 2.89 bits per heavy atom. The van der Waals surface area contributed by atoms with Gasteiger partial charge in [-0.1, -0.05) is 0 Å². The van der Waals surface area contributed by atoms with E-state index in [9.17, 15) is 4.79 Å². The number of nitrogens with zero attached hydrogens (tertiary/aromatic N) is 1. The summed E-state index contributed by atoms with van der Waals surface area (Å²) < 4.78 is 6.18. The van der Waals surface area contributed by atoms with E-state index in [1.165, 1.54) is 0 Å². The Hall–Kier alpha value is -1.18. The average Bonchev–Trinajstić information content (AvgIpc) is 2.37. The van der Waals surface area contributed by atoms with Gasteiger partial charge in [0, 0.05) is 24.3 Å². The number of hydrogen-bond acceptors (Lipinski definition) is 5. The number of nitrogen functional groups attached to an aromatic ring is 1. The fourth-order valence-corrected chi connectivity index (χ4v) is 2.42. The zero-order chi connectivity index (χ0) is 13.9. The zero-order valence-corrected chi connectivity index (χ0v) is 12.3. The molecule has 1 aromatic rings. The number of hydrazine groups is 1. The lowest BCUT2D eigenvalue weighted by Gasteiger charge is -2.40. The third-order valence-electron chi connectivity index (χ3n) is 3.50. The lowest BCUT2D eigenvalue weighted by atomic mass is 9.80. The lowest BCUT2D eigenvalue weighted by molar-refractivity contribution is -0.0679. The molecule has 1 fully saturated rings. The molecule has 1 amide bonds. The molecule has 2 rings (SSSR count). The first-order valence-electron chi connectivity index (χ1n) is 6.06. The fourth-order valence-electron chi connectivity index (χ4n) is 2.09. The molecule has 4 N–H and O–H groups in total. The maximum Gasteiger partial charge on any atom is 0.255 e. The normalized spacial score (nSPS) is 16.6. The van der Waals surface area contributed by atoms with Crippen LogP contribution < -0.4 is 16.6 Å². The van der Waals surface area contributed by atoms with Gasteiger partial charge in [0.05, 0.1) is 11.2 Å². The fraction of sp³-hybridized carbons (Fsp3) is 0.500. The van der Waals surface area contributed by atoms with Crippen molar-refractivity contribution in [3.8, 4) is 0 Å². The first-order valence-corrected chi connectivity index (χ1v) is 6.85. The van der Waals surface area contributed by atoms with Gasteiger partial charge in [0.2, 0.25) is 0 Å². The summed E-state index contributed by atoms with van der Waals surface area (Å²) in [7, 11) is 1.68. The molecule has 0 bridgehead atoms. The van der Waals surface area contributed by atoms with Crippen molar-refractivity contribution in [2.45, 2.75) is 24.9 Å². The summed E-state index contributed by atoms with van der Waals surface area (Å²) in [5.74, 6) is 5.48. The van der Waals surface area contributed by atoms with Gasteiger partial charge in [-0.25, -0.2) is 10.8 Å². The molecule has 19 heavy (non-hydrogen) atoms. The molecular weight excluding hydrogens is 312 g/mol. The largest absolute Gasteiger partial charge is 0.376 e. The number of hydrogen-bond donors (Lipinski definition) is 3. The SMILES string of the molecule is COC1(CNC(=O)c2cc(Br)cnc2NN)CCC1. The molecule has 104 valence electrons. The molecule has 0 radical (unpaired) electrons. The van der Waals surface area contributed by atoms with Crippen molar-refractivity contribution in [2.75, 3.05) is 19.1 Å². The van der Waals surface area contributed by atoms with Crippen molar-refractivity contribution < 1.29 is 9.53 Å². The number of nitrogens with one attached hydrogen (secondary N) is 2. The van der Waals surface area contributed by atoms with Crippen LogP contribution in [0.4, 0.5) is 5.82 Å². The molecule has 1 aromatic heterocycles. The summed E-state index contributed by atoms with van der Waals surface area (Å²) in [6.07, 6.45) is 4.66. The molecular formula is C12H17BrN4O2. The van der Waals surface area contributed by atoms with Gasteiger partial charge in [-0.05, 0) is 41.3 Å². The molecule has 1 aliphatic carbocycles. The second-order valence-corrected chi connectivity index (χ2v) is 5.53. The zero-order valence-electron chi connectivity index (χ0n) is 10.7. The lowest BCUT2D eigenvalue weighted by Crippen LogP contribution is -2.49. The van der Waals surface area contributed by atoms with Crippen molar-refractivity contribution in [3.63, 3.8) is 0 Å². The van der Waals surface area contributed by atoms with Crippen molar-refractivity contribution in [1.82, 2.24) is 10.3 Å². The van der Waals surface area contributed by atoms with Crippen LogP contribution in [0.3, 0.4) is 0 Å². The van der Waals surface area contributed by atoms with Gasteiger partial charge in [0.25, 0.3) is 5.91 Å². The average molecular weight is 329 g/mol. The van der Waals surface area contributed by atoms with Crippen LogP contribution in [-0.4, -0.2) is 30.1 Å². The topological polar surface area (TPSA) is 89.3 Å². The predicted octanol–water partition coefficient (Wildman–Crippen LogP) is 1.43. The number of carbonyl (C=O) groups excluding carboxylic acids is 1. The van der Waals surface area contributed by atoms with Crippen LogP contribution in [0.5, 0.6) is 0 Å². The number of halogens is 1. The summed E-state index contributed by atoms with van der Waals surface area (Å²) in [6.45, 7) is 0.499. The molecule has 1 heterocycles. The number of ether oxygens (including phenoxy) is 1. The third-order valence-corrected chi connectivity index (χ3v) is 3.94. The first kappa shape index (κ1) is 14.2. The number of carbonyl (C=O) groups is 1. The minimum absolute atomic E-state index is 0.203. The van der Waals surface area contributed by atoms with Crippen LogP contribution in [0.15, 0.2) is 16.7 Å². The number of anilines is 1. The summed E-state index contributed by atoms with van der Waals surface area (Å²) in [4.78, 5) is 16.2. The predicted molar refractivity (Wildman–Crippen MR) is 75.7 cm³/mol. The van der Waals surface area contributed by atoms with Crippen LogP contribution >= 0.6 is 15.9 Å². The Kier molecular flexibility index (Phi) is 4.38. The van der Waals surface area contributed by atoms with E-state index in [0.717, 1.165) is 23.7 Å². The third kappa shape index (κ3) is 3.05. The molecule has 6 nitrogen and oxygen atoms in total. The molecule has 0 unspecified atom stereocenters.